The van der Waals surface area contributed by atoms with Gasteiger partial charge in [0, 0.05) is 10.5 Å². The van der Waals surface area contributed by atoms with Gasteiger partial charge in [0.15, 0.2) is 0 Å². The average molecular weight is 359 g/mol. The molecule has 24 heavy (non-hydrogen) atoms. The molecule has 0 heterocycles. The van der Waals surface area contributed by atoms with Gasteiger partial charge in [0.2, 0.25) is 0 Å². The van der Waals surface area contributed by atoms with Gasteiger partial charge in [0.05, 0.1) is 0 Å². The molecule has 2 unspecified atom stereocenters. The summed E-state index contributed by atoms with van der Waals surface area (Å²) >= 11 is 9.67. The minimum Gasteiger partial charge on any atom is -0.170 e. The van der Waals surface area contributed by atoms with E-state index in [1.165, 1.54) is 47.9 Å². The highest BCUT2D eigenvalue weighted by molar-refractivity contribution is 7.84. The molecule has 2 heteroatoms. The van der Waals surface area contributed by atoms with E-state index >= 15 is 0 Å². The molecule has 0 radical (unpaired) electrons. The average Bonchev–Trinajstić information content (AvgIpc) is 2.64. The zero-order valence-corrected chi connectivity index (χ0v) is 16.7. The number of hydrogen-bond donors (Lipinski definition) is 2. The lowest BCUT2D eigenvalue weighted by Crippen LogP contribution is -2.01. The second-order valence-electron chi connectivity index (χ2n) is 6.58. The summed E-state index contributed by atoms with van der Waals surface area (Å²) in [5.41, 5.74) is 5.32. The molecule has 0 aliphatic heterocycles. The monoisotopic (exact) mass is 358 g/mol. The van der Waals surface area contributed by atoms with Crippen molar-refractivity contribution in [1.29, 1.82) is 0 Å². The van der Waals surface area contributed by atoms with Crippen molar-refractivity contribution < 1.29 is 0 Å². The first-order valence-corrected chi connectivity index (χ1v) is 10.2. The summed E-state index contributed by atoms with van der Waals surface area (Å²) in [6.45, 7) is 4.47. The highest BCUT2D eigenvalue weighted by Crippen LogP contribution is 2.38. The molecule has 0 fully saturated rings. The van der Waals surface area contributed by atoms with E-state index in [9.17, 15) is 0 Å². The maximum atomic E-state index is 4.84. The molecule has 0 saturated carbocycles. The number of thiol groups is 2. The third-order valence-electron chi connectivity index (χ3n) is 4.58. The summed E-state index contributed by atoms with van der Waals surface area (Å²) in [6.07, 6.45) is 7.31. The molecule has 0 amide bonds. The van der Waals surface area contributed by atoms with Crippen LogP contribution in [0.1, 0.15) is 72.3 Å². The van der Waals surface area contributed by atoms with Gasteiger partial charge in [-0.1, -0.05) is 75.2 Å². The smallest absolute Gasteiger partial charge is 0.0424 e. The number of aryl methyl sites for hydroxylation is 2. The Bertz CT molecular complexity index is 531. The first-order chi connectivity index (χ1) is 11.7. The molecule has 0 saturated heterocycles. The predicted molar refractivity (Wildman–Crippen MR) is 114 cm³/mol. The lowest BCUT2D eigenvalue weighted by molar-refractivity contribution is 0.793. The number of hydrogen-bond acceptors (Lipinski definition) is 2. The van der Waals surface area contributed by atoms with Gasteiger partial charge in [-0.2, -0.15) is 25.3 Å². The van der Waals surface area contributed by atoms with Gasteiger partial charge in [-0.05, 0) is 47.9 Å². The van der Waals surface area contributed by atoms with Crippen LogP contribution >= 0.6 is 25.3 Å². The fourth-order valence-corrected chi connectivity index (χ4v) is 3.58. The SMILES string of the molecule is CCCCc1ccc(C(S)C(S)c2ccc(CCCC)cc2)cc1. The Morgan fingerprint density at radius 2 is 0.958 bits per heavy atom. The number of rotatable bonds is 9. The van der Waals surface area contributed by atoms with E-state index in [2.05, 4.69) is 62.4 Å². The van der Waals surface area contributed by atoms with Gasteiger partial charge in [-0.15, -0.1) is 0 Å². The topological polar surface area (TPSA) is 0 Å². The lowest BCUT2D eigenvalue weighted by Gasteiger charge is -2.20. The summed E-state index contributed by atoms with van der Waals surface area (Å²) in [5.74, 6) is 0. The predicted octanol–water partition coefficient (Wildman–Crippen LogP) is 7.01. The highest BCUT2D eigenvalue weighted by Gasteiger charge is 2.18. The van der Waals surface area contributed by atoms with Gasteiger partial charge in [0.1, 0.15) is 0 Å². The van der Waals surface area contributed by atoms with Crippen LogP contribution in [0.5, 0.6) is 0 Å². The molecule has 2 aromatic carbocycles. The molecule has 0 spiro atoms. The molecule has 2 rings (SSSR count). The van der Waals surface area contributed by atoms with Crippen LogP contribution in [0.3, 0.4) is 0 Å². The molecular weight excluding hydrogens is 328 g/mol. The molecule has 130 valence electrons. The first-order valence-electron chi connectivity index (χ1n) is 9.19. The summed E-state index contributed by atoms with van der Waals surface area (Å²) in [5, 5.41) is 0.213. The summed E-state index contributed by atoms with van der Waals surface area (Å²) < 4.78 is 0. The molecule has 2 aromatic rings. The van der Waals surface area contributed by atoms with Crippen molar-refractivity contribution in [2.45, 2.75) is 62.9 Å². The van der Waals surface area contributed by atoms with Crippen molar-refractivity contribution in [2.75, 3.05) is 0 Å². The van der Waals surface area contributed by atoms with Crippen molar-refractivity contribution in [3.8, 4) is 0 Å². The molecule has 0 aliphatic carbocycles. The summed E-state index contributed by atoms with van der Waals surface area (Å²) in [4.78, 5) is 0. The van der Waals surface area contributed by atoms with Crippen LogP contribution in [-0.2, 0) is 12.8 Å². The zero-order valence-electron chi connectivity index (χ0n) is 14.9. The third-order valence-corrected chi connectivity index (χ3v) is 6.01. The third kappa shape index (κ3) is 5.60. The van der Waals surface area contributed by atoms with Crippen molar-refractivity contribution in [1.82, 2.24) is 0 Å². The Balaban J connectivity index is 2.01. The Hall–Kier alpha value is -0.860. The largest absolute Gasteiger partial charge is 0.170 e. The fourth-order valence-electron chi connectivity index (χ4n) is 2.89. The Morgan fingerprint density at radius 1 is 0.625 bits per heavy atom. The second-order valence-corrected chi connectivity index (χ2v) is 7.69. The first kappa shape index (κ1) is 19.5. The van der Waals surface area contributed by atoms with Crippen LogP contribution in [0, 0.1) is 0 Å². The van der Waals surface area contributed by atoms with Crippen LogP contribution in [0.4, 0.5) is 0 Å². The minimum absolute atomic E-state index is 0.107. The van der Waals surface area contributed by atoms with Crippen molar-refractivity contribution in [2.24, 2.45) is 0 Å². The Kier molecular flexibility index (Phi) is 8.28. The maximum absolute atomic E-state index is 4.84. The normalized spacial score (nSPS) is 13.7. The number of benzene rings is 2. The molecule has 0 aromatic heterocycles. The van der Waals surface area contributed by atoms with E-state index in [4.69, 9.17) is 25.3 Å². The summed E-state index contributed by atoms with van der Waals surface area (Å²) in [7, 11) is 0. The van der Waals surface area contributed by atoms with E-state index in [-0.39, 0.29) is 10.5 Å². The van der Waals surface area contributed by atoms with Gasteiger partial charge >= 0.3 is 0 Å². The zero-order chi connectivity index (χ0) is 17.4. The second kappa shape index (κ2) is 10.2. The summed E-state index contributed by atoms with van der Waals surface area (Å²) in [6, 6.07) is 17.8. The molecular formula is C22H30S2. The Labute approximate surface area is 158 Å². The van der Waals surface area contributed by atoms with Crippen LogP contribution in [0.2, 0.25) is 0 Å². The maximum Gasteiger partial charge on any atom is 0.0424 e. The van der Waals surface area contributed by atoms with Crippen molar-refractivity contribution >= 4 is 25.3 Å². The highest BCUT2D eigenvalue weighted by atomic mass is 32.1. The Morgan fingerprint density at radius 3 is 1.25 bits per heavy atom. The number of unbranched alkanes of at least 4 members (excludes halogenated alkanes) is 2. The quantitative estimate of drug-likeness (QED) is 0.442. The molecule has 0 aliphatic rings. The van der Waals surface area contributed by atoms with Gasteiger partial charge in [-0.25, -0.2) is 0 Å². The van der Waals surface area contributed by atoms with E-state index in [1.807, 2.05) is 0 Å². The van der Waals surface area contributed by atoms with Crippen LogP contribution in [-0.4, -0.2) is 0 Å². The van der Waals surface area contributed by atoms with Gasteiger partial charge < -0.3 is 0 Å². The van der Waals surface area contributed by atoms with Crippen molar-refractivity contribution in [3.63, 3.8) is 0 Å². The fraction of sp³-hybridized carbons (Fsp3) is 0.455. The van der Waals surface area contributed by atoms with Crippen LogP contribution < -0.4 is 0 Å². The standard InChI is InChI=1S/C22H30S2/c1-3-5-7-17-9-13-19(14-10-17)21(23)22(24)20-15-11-18(12-16-20)8-6-4-2/h9-16,21-24H,3-8H2,1-2H3. The molecule has 0 bridgehead atoms. The lowest BCUT2D eigenvalue weighted by atomic mass is 9.99. The van der Waals surface area contributed by atoms with E-state index in [0.29, 0.717) is 0 Å². The van der Waals surface area contributed by atoms with E-state index < -0.39 is 0 Å². The molecule has 0 nitrogen and oxygen atoms in total. The van der Waals surface area contributed by atoms with Gasteiger partial charge in [-0.3, -0.25) is 0 Å². The van der Waals surface area contributed by atoms with Crippen molar-refractivity contribution in [3.05, 3.63) is 70.8 Å². The van der Waals surface area contributed by atoms with E-state index in [1.54, 1.807) is 0 Å². The van der Waals surface area contributed by atoms with Crippen LogP contribution in [0.15, 0.2) is 48.5 Å². The minimum atomic E-state index is 0.107. The molecule has 0 N–H and O–H groups in total. The van der Waals surface area contributed by atoms with E-state index in [0.717, 1.165) is 12.8 Å². The van der Waals surface area contributed by atoms with Gasteiger partial charge in [0.25, 0.3) is 0 Å². The molecule has 2 atom stereocenters. The van der Waals surface area contributed by atoms with Crippen LogP contribution in [0.25, 0.3) is 0 Å².